The van der Waals surface area contributed by atoms with E-state index in [1.807, 2.05) is 18.2 Å². The zero-order valence-corrected chi connectivity index (χ0v) is 19.8. The first-order chi connectivity index (χ1) is 16.4. The molecule has 0 radical (unpaired) electrons. The minimum atomic E-state index is -1.39. The number of ether oxygens (including phenoxy) is 3. The zero-order valence-electron chi connectivity index (χ0n) is 19.8. The van der Waals surface area contributed by atoms with Crippen LogP contribution in [0.3, 0.4) is 0 Å². The van der Waals surface area contributed by atoms with Gasteiger partial charge in [0.1, 0.15) is 5.57 Å². The monoisotopic (exact) mass is 474 g/mol. The largest absolute Gasteiger partial charge is 0.478 e. The predicted molar refractivity (Wildman–Crippen MR) is 124 cm³/mol. The molecule has 9 heteroatoms. The molecule has 1 aromatic rings. The van der Waals surface area contributed by atoms with Gasteiger partial charge in [-0.25, -0.2) is 14.5 Å². The lowest BCUT2D eigenvalue weighted by molar-refractivity contribution is -0.197. The topological polar surface area (TPSA) is 106 Å². The van der Waals surface area contributed by atoms with Crippen molar-refractivity contribution in [1.82, 2.24) is 9.80 Å². The summed E-state index contributed by atoms with van der Waals surface area (Å²) in [5, 5.41) is 8.95. The molecule has 2 fully saturated rings. The number of benzene rings is 1. The molecule has 3 rings (SSSR count). The van der Waals surface area contributed by atoms with Crippen molar-refractivity contribution in [3.8, 4) is 0 Å². The van der Waals surface area contributed by atoms with Crippen molar-refractivity contribution in [3.05, 3.63) is 47.5 Å². The van der Waals surface area contributed by atoms with Gasteiger partial charge < -0.3 is 19.3 Å². The second-order valence-electron chi connectivity index (χ2n) is 9.00. The number of carbonyl (C=O) groups is 3. The van der Waals surface area contributed by atoms with Gasteiger partial charge in [0.15, 0.2) is 6.29 Å². The Labute approximate surface area is 200 Å². The fourth-order valence-corrected chi connectivity index (χ4v) is 4.49. The van der Waals surface area contributed by atoms with Crippen LogP contribution in [-0.2, 0) is 28.6 Å². The maximum Gasteiger partial charge on any atom is 0.345 e. The molecule has 0 spiro atoms. The Morgan fingerprint density at radius 2 is 1.91 bits per heavy atom. The lowest BCUT2D eigenvalue weighted by Gasteiger charge is -2.37. The maximum atomic E-state index is 12.6. The van der Waals surface area contributed by atoms with Crippen molar-refractivity contribution in [2.75, 3.05) is 39.5 Å². The van der Waals surface area contributed by atoms with Gasteiger partial charge in [0.05, 0.1) is 19.8 Å². The van der Waals surface area contributed by atoms with Crippen molar-refractivity contribution < 1.29 is 33.7 Å². The van der Waals surface area contributed by atoms with Crippen molar-refractivity contribution in [2.45, 2.75) is 45.2 Å². The molecule has 2 saturated heterocycles. The van der Waals surface area contributed by atoms with Crippen molar-refractivity contribution in [2.24, 2.45) is 5.92 Å². The molecule has 186 valence electrons. The molecule has 2 heterocycles. The molecule has 3 unspecified atom stereocenters. The lowest BCUT2D eigenvalue weighted by Crippen LogP contribution is -2.45. The lowest BCUT2D eigenvalue weighted by atomic mass is 9.97. The van der Waals surface area contributed by atoms with Crippen LogP contribution in [0.25, 0.3) is 0 Å². The van der Waals surface area contributed by atoms with Gasteiger partial charge in [0, 0.05) is 37.8 Å². The molecule has 0 aliphatic carbocycles. The minimum Gasteiger partial charge on any atom is -0.478 e. The summed E-state index contributed by atoms with van der Waals surface area (Å²) in [6, 6.07) is 9.91. The van der Waals surface area contributed by atoms with E-state index in [-0.39, 0.29) is 18.4 Å². The number of aldehydes is 1. The first-order valence-corrected chi connectivity index (χ1v) is 11.7. The summed E-state index contributed by atoms with van der Waals surface area (Å²) in [6.45, 7) is 8.63. The molecule has 0 saturated carbocycles. The van der Waals surface area contributed by atoms with Crippen LogP contribution >= 0.6 is 0 Å². The highest BCUT2D eigenvalue weighted by molar-refractivity contribution is 6.11. The summed E-state index contributed by atoms with van der Waals surface area (Å²) in [5.74, 6) is -2.02. The number of nitrogens with zero attached hydrogens (tertiary/aromatic N) is 2. The zero-order chi connectivity index (χ0) is 24.5. The van der Waals surface area contributed by atoms with Crippen LogP contribution in [0, 0.1) is 5.92 Å². The smallest absolute Gasteiger partial charge is 0.345 e. The standard InChI is InChI=1S/C25H34N2O7/c1-18(2)14-21-17-33-25(34-24(31)20(16-28)15-23(29)30)27(21)22(19-6-4-3-5-7-19)8-9-26-10-12-32-13-11-26/h3-7,15-16,18,21-22,25H,8-14,17H2,1-2H3,(H,29,30)/b20-15+. The highest BCUT2D eigenvalue weighted by atomic mass is 16.7. The van der Waals surface area contributed by atoms with Gasteiger partial charge in [-0.3, -0.25) is 9.69 Å². The average molecular weight is 475 g/mol. The third kappa shape index (κ3) is 7.20. The average Bonchev–Trinajstić information content (AvgIpc) is 3.19. The third-order valence-corrected chi connectivity index (χ3v) is 6.06. The number of carbonyl (C=O) groups excluding carboxylic acids is 2. The normalized spacial score (nSPS) is 23.1. The Hall–Kier alpha value is -2.59. The van der Waals surface area contributed by atoms with Gasteiger partial charge in [0.2, 0.25) is 0 Å². The fourth-order valence-electron chi connectivity index (χ4n) is 4.49. The molecule has 34 heavy (non-hydrogen) atoms. The summed E-state index contributed by atoms with van der Waals surface area (Å²) >= 11 is 0. The third-order valence-electron chi connectivity index (χ3n) is 6.06. The number of aliphatic carboxylic acids is 1. The van der Waals surface area contributed by atoms with Crippen LogP contribution in [0.15, 0.2) is 42.0 Å². The second kappa shape index (κ2) is 12.8. The molecule has 2 aliphatic heterocycles. The van der Waals surface area contributed by atoms with Crippen LogP contribution in [0.4, 0.5) is 0 Å². The Balaban J connectivity index is 1.87. The van der Waals surface area contributed by atoms with Crippen LogP contribution in [0.2, 0.25) is 0 Å². The summed E-state index contributed by atoms with van der Waals surface area (Å²) < 4.78 is 16.9. The highest BCUT2D eigenvalue weighted by Crippen LogP contribution is 2.36. The summed E-state index contributed by atoms with van der Waals surface area (Å²) in [7, 11) is 0. The van der Waals surface area contributed by atoms with E-state index in [2.05, 4.69) is 35.8 Å². The molecule has 1 N–H and O–H groups in total. The molecular weight excluding hydrogens is 440 g/mol. The number of esters is 1. The molecule has 0 aromatic heterocycles. The number of rotatable bonds is 11. The Kier molecular flexibility index (Phi) is 9.76. The van der Waals surface area contributed by atoms with E-state index in [9.17, 15) is 14.4 Å². The van der Waals surface area contributed by atoms with Crippen molar-refractivity contribution in [1.29, 1.82) is 0 Å². The summed E-state index contributed by atoms with van der Waals surface area (Å²) in [6.07, 6.45) is 1.33. The van der Waals surface area contributed by atoms with E-state index in [0.29, 0.717) is 31.8 Å². The van der Waals surface area contributed by atoms with Crippen LogP contribution < -0.4 is 0 Å². The fraction of sp³-hybridized carbons (Fsp3) is 0.560. The number of carboxylic acids is 1. The molecule has 1 aromatic carbocycles. The summed E-state index contributed by atoms with van der Waals surface area (Å²) in [4.78, 5) is 39.3. The Morgan fingerprint density at radius 3 is 2.53 bits per heavy atom. The van der Waals surface area contributed by atoms with Crippen LogP contribution in [-0.4, -0.2) is 85.0 Å². The first-order valence-electron chi connectivity index (χ1n) is 11.7. The van der Waals surface area contributed by atoms with E-state index in [1.165, 1.54) is 0 Å². The predicted octanol–water partition coefficient (Wildman–Crippen LogP) is 2.23. The number of carboxylic acid groups (broad SMARTS) is 1. The van der Waals surface area contributed by atoms with E-state index in [1.54, 1.807) is 0 Å². The van der Waals surface area contributed by atoms with Gasteiger partial charge >= 0.3 is 11.9 Å². The minimum absolute atomic E-state index is 0.00386. The summed E-state index contributed by atoms with van der Waals surface area (Å²) in [5.41, 5.74) is 0.515. The van der Waals surface area contributed by atoms with Gasteiger partial charge in [-0.15, -0.1) is 0 Å². The molecule has 2 aliphatic rings. The first kappa shape index (κ1) is 26.0. The SMILES string of the molecule is CC(C)CC1COC(OC(=O)/C(C=O)=C/C(=O)O)N1C(CCN1CCOCC1)c1ccccc1. The van der Waals surface area contributed by atoms with Crippen molar-refractivity contribution in [3.63, 3.8) is 0 Å². The van der Waals surface area contributed by atoms with Crippen molar-refractivity contribution >= 4 is 18.2 Å². The van der Waals surface area contributed by atoms with Gasteiger partial charge in [-0.05, 0) is 24.3 Å². The van der Waals surface area contributed by atoms with E-state index >= 15 is 0 Å². The molecular formula is C25H34N2O7. The number of morpholine rings is 1. The second-order valence-corrected chi connectivity index (χ2v) is 9.00. The van der Waals surface area contributed by atoms with Crippen LogP contribution in [0.1, 0.15) is 38.3 Å². The molecule has 3 atom stereocenters. The number of hydrogen-bond donors (Lipinski definition) is 1. The molecule has 9 nitrogen and oxygen atoms in total. The van der Waals surface area contributed by atoms with Crippen LogP contribution in [0.5, 0.6) is 0 Å². The maximum absolute atomic E-state index is 12.6. The quantitative estimate of drug-likeness (QED) is 0.170. The highest BCUT2D eigenvalue weighted by Gasteiger charge is 2.42. The molecule has 0 amide bonds. The van der Waals surface area contributed by atoms with Gasteiger partial charge in [-0.1, -0.05) is 44.2 Å². The van der Waals surface area contributed by atoms with E-state index < -0.39 is 23.9 Å². The number of hydrogen-bond acceptors (Lipinski definition) is 8. The van der Waals surface area contributed by atoms with E-state index in [0.717, 1.165) is 38.0 Å². The Morgan fingerprint density at radius 1 is 1.21 bits per heavy atom. The van der Waals surface area contributed by atoms with E-state index in [4.69, 9.17) is 19.3 Å². The van der Waals surface area contributed by atoms with Gasteiger partial charge in [-0.2, -0.15) is 0 Å². The molecule has 0 bridgehead atoms. The van der Waals surface area contributed by atoms with Gasteiger partial charge in [0.25, 0.3) is 6.41 Å². The Bertz CT molecular complexity index is 852.